The second-order valence-electron chi connectivity index (χ2n) is 6.02. The highest BCUT2D eigenvalue weighted by atomic mass is 32.1. The molecule has 4 heteroatoms. The van der Waals surface area contributed by atoms with Crippen molar-refractivity contribution in [1.29, 1.82) is 0 Å². The molecule has 19 heavy (non-hydrogen) atoms. The Kier molecular flexibility index (Phi) is 4.64. The van der Waals surface area contributed by atoms with Crippen LogP contribution in [-0.4, -0.2) is 34.1 Å². The number of nitrogens with zero attached hydrogens (tertiary/aromatic N) is 2. The number of hydrogen-bond donors (Lipinski definition) is 1. The molecule has 0 aromatic carbocycles. The molecule has 1 fully saturated rings. The molecule has 1 aromatic heterocycles. The summed E-state index contributed by atoms with van der Waals surface area (Å²) in [6.45, 7) is 12.6. The smallest absolute Gasteiger partial charge is 0.0794 e. The monoisotopic (exact) mass is 281 g/mol. The largest absolute Gasteiger partial charge is 0.308 e. The van der Waals surface area contributed by atoms with E-state index in [-0.39, 0.29) is 5.54 Å². The summed E-state index contributed by atoms with van der Waals surface area (Å²) in [7, 11) is 0. The third-order valence-corrected chi connectivity index (χ3v) is 5.81. The third-order valence-electron chi connectivity index (χ3n) is 5.05. The fourth-order valence-electron chi connectivity index (χ4n) is 2.93. The first kappa shape index (κ1) is 14.9. The van der Waals surface area contributed by atoms with E-state index < -0.39 is 0 Å². The Morgan fingerprint density at radius 2 is 2.05 bits per heavy atom. The average molecular weight is 281 g/mol. The van der Waals surface area contributed by atoms with Crippen LogP contribution in [-0.2, 0) is 6.54 Å². The molecule has 0 amide bonds. The van der Waals surface area contributed by atoms with Gasteiger partial charge in [-0.3, -0.25) is 9.88 Å². The van der Waals surface area contributed by atoms with Crippen LogP contribution in [0.1, 0.15) is 51.8 Å². The van der Waals surface area contributed by atoms with Crippen LogP contribution in [0, 0.1) is 0 Å². The van der Waals surface area contributed by atoms with E-state index in [4.69, 9.17) is 0 Å². The van der Waals surface area contributed by atoms with E-state index in [2.05, 4.69) is 42.9 Å². The maximum atomic E-state index is 4.21. The van der Waals surface area contributed by atoms with E-state index in [9.17, 15) is 0 Å². The quantitative estimate of drug-likeness (QED) is 0.898. The van der Waals surface area contributed by atoms with Crippen molar-refractivity contribution in [2.45, 2.75) is 64.6 Å². The fraction of sp³-hybridized carbons (Fsp3) is 0.800. The van der Waals surface area contributed by atoms with E-state index in [1.54, 1.807) is 11.3 Å². The van der Waals surface area contributed by atoms with Crippen molar-refractivity contribution in [3.63, 3.8) is 0 Å². The van der Waals surface area contributed by atoms with Crippen molar-refractivity contribution < 1.29 is 0 Å². The van der Waals surface area contributed by atoms with Gasteiger partial charge in [-0.25, -0.2) is 0 Å². The Morgan fingerprint density at radius 3 is 2.58 bits per heavy atom. The van der Waals surface area contributed by atoms with Crippen LogP contribution in [0.3, 0.4) is 0 Å². The summed E-state index contributed by atoms with van der Waals surface area (Å²) in [5.41, 5.74) is 2.49. The van der Waals surface area contributed by atoms with E-state index in [0.29, 0.717) is 5.54 Å². The maximum absolute atomic E-state index is 4.21. The number of aromatic nitrogens is 1. The van der Waals surface area contributed by atoms with Gasteiger partial charge in [-0.2, -0.15) is 0 Å². The molecule has 0 bridgehead atoms. The highest BCUT2D eigenvalue weighted by Gasteiger charge is 2.42. The standard InChI is InChI=1S/C15H27N3S/c1-5-14(4)10-17-15(6-2,7-3)11-18(14)9-13-8-16-12-19-13/h8,12,17H,5-7,9-11H2,1-4H3. The normalized spacial score (nSPS) is 27.6. The van der Waals surface area contributed by atoms with Crippen molar-refractivity contribution in [1.82, 2.24) is 15.2 Å². The Balaban J connectivity index is 2.17. The van der Waals surface area contributed by atoms with Crippen molar-refractivity contribution in [3.05, 3.63) is 16.6 Å². The average Bonchev–Trinajstić information content (AvgIpc) is 2.95. The Labute approximate surface area is 121 Å². The maximum Gasteiger partial charge on any atom is 0.0794 e. The number of piperazine rings is 1. The molecular weight excluding hydrogens is 254 g/mol. The van der Waals surface area contributed by atoms with E-state index in [1.807, 2.05) is 11.7 Å². The lowest BCUT2D eigenvalue weighted by Crippen LogP contribution is -2.68. The molecule has 2 rings (SSSR count). The van der Waals surface area contributed by atoms with Crippen LogP contribution in [0.4, 0.5) is 0 Å². The highest BCUT2D eigenvalue weighted by Crippen LogP contribution is 2.32. The molecule has 108 valence electrons. The van der Waals surface area contributed by atoms with Crippen molar-refractivity contribution in [2.75, 3.05) is 13.1 Å². The van der Waals surface area contributed by atoms with Crippen molar-refractivity contribution >= 4 is 11.3 Å². The van der Waals surface area contributed by atoms with Gasteiger partial charge in [0, 0.05) is 41.8 Å². The SMILES string of the molecule is CCC1(CC)CN(Cc2cncs2)C(C)(CC)CN1. The summed E-state index contributed by atoms with van der Waals surface area (Å²) >= 11 is 1.77. The van der Waals surface area contributed by atoms with Gasteiger partial charge in [-0.1, -0.05) is 20.8 Å². The van der Waals surface area contributed by atoms with Gasteiger partial charge in [0.2, 0.25) is 0 Å². The lowest BCUT2D eigenvalue weighted by Gasteiger charge is -2.53. The second kappa shape index (κ2) is 5.90. The number of rotatable bonds is 5. The van der Waals surface area contributed by atoms with Crippen molar-refractivity contribution in [2.24, 2.45) is 0 Å². The van der Waals surface area contributed by atoms with Crippen molar-refractivity contribution in [3.8, 4) is 0 Å². The molecule has 1 aromatic rings. The highest BCUT2D eigenvalue weighted by molar-refractivity contribution is 7.09. The zero-order chi connectivity index (χ0) is 13.9. The predicted octanol–water partition coefficient (Wildman–Crippen LogP) is 3.28. The predicted molar refractivity (Wildman–Crippen MR) is 82.5 cm³/mol. The van der Waals surface area contributed by atoms with Gasteiger partial charge in [0.15, 0.2) is 0 Å². The molecule has 1 atom stereocenters. The van der Waals surface area contributed by atoms with Crippen LogP contribution >= 0.6 is 11.3 Å². The molecule has 2 heterocycles. The fourth-order valence-corrected chi connectivity index (χ4v) is 3.54. The summed E-state index contributed by atoms with van der Waals surface area (Å²) < 4.78 is 0. The van der Waals surface area contributed by atoms with Crippen LogP contribution < -0.4 is 5.32 Å². The summed E-state index contributed by atoms with van der Waals surface area (Å²) in [6.07, 6.45) is 5.59. The molecule has 1 unspecified atom stereocenters. The summed E-state index contributed by atoms with van der Waals surface area (Å²) in [5.74, 6) is 0. The molecule has 3 nitrogen and oxygen atoms in total. The van der Waals surface area contributed by atoms with Gasteiger partial charge in [0.25, 0.3) is 0 Å². The number of hydrogen-bond acceptors (Lipinski definition) is 4. The lowest BCUT2D eigenvalue weighted by atomic mass is 9.83. The zero-order valence-electron chi connectivity index (χ0n) is 12.7. The molecule has 0 spiro atoms. The minimum Gasteiger partial charge on any atom is -0.308 e. The first-order valence-corrected chi connectivity index (χ1v) is 8.33. The Morgan fingerprint density at radius 1 is 1.32 bits per heavy atom. The third kappa shape index (κ3) is 3.01. The van der Waals surface area contributed by atoms with Gasteiger partial charge in [-0.15, -0.1) is 11.3 Å². The molecule has 1 aliphatic heterocycles. The van der Waals surface area contributed by atoms with E-state index in [1.165, 1.54) is 24.1 Å². The first-order chi connectivity index (χ1) is 9.07. The van der Waals surface area contributed by atoms with Gasteiger partial charge < -0.3 is 5.32 Å². The molecule has 0 radical (unpaired) electrons. The molecule has 0 aliphatic carbocycles. The lowest BCUT2D eigenvalue weighted by molar-refractivity contribution is 0.00343. The molecule has 0 saturated carbocycles. The zero-order valence-corrected chi connectivity index (χ0v) is 13.5. The summed E-state index contributed by atoms with van der Waals surface area (Å²) in [6, 6.07) is 0. The first-order valence-electron chi connectivity index (χ1n) is 7.45. The number of thiazole rings is 1. The molecule has 1 aliphatic rings. The minimum absolute atomic E-state index is 0.262. The molecule has 1 N–H and O–H groups in total. The van der Waals surface area contributed by atoms with Crippen LogP contribution in [0.25, 0.3) is 0 Å². The van der Waals surface area contributed by atoms with Crippen LogP contribution in [0.15, 0.2) is 11.7 Å². The van der Waals surface area contributed by atoms with Crippen LogP contribution in [0.5, 0.6) is 0 Å². The summed E-state index contributed by atoms with van der Waals surface area (Å²) in [5, 5.41) is 3.83. The van der Waals surface area contributed by atoms with Gasteiger partial charge >= 0.3 is 0 Å². The molecular formula is C15H27N3S. The minimum atomic E-state index is 0.262. The summed E-state index contributed by atoms with van der Waals surface area (Å²) in [4.78, 5) is 8.26. The Hall–Kier alpha value is -0.450. The van der Waals surface area contributed by atoms with Crippen LogP contribution in [0.2, 0.25) is 0 Å². The van der Waals surface area contributed by atoms with E-state index in [0.717, 1.165) is 19.6 Å². The van der Waals surface area contributed by atoms with Gasteiger partial charge in [0.1, 0.15) is 0 Å². The van der Waals surface area contributed by atoms with Gasteiger partial charge in [-0.05, 0) is 26.2 Å². The topological polar surface area (TPSA) is 28.2 Å². The van der Waals surface area contributed by atoms with E-state index >= 15 is 0 Å². The number of nitrogens with one attached hydrogen (secondary N) is 1. The molecule has 1 saturated heterocycles. The van der Waals surface area contributed by atoms with Gasteiger partial charge in [0.05, 0.1) is 5.51 Å². The Bertz CT molecular complexity index is 386. The second-order valence-corrected chi connectivity index (χ2v) is 6.99.